The summed E-state index contributed by atoms with van der Waals surface area (Å²) in [5, 5.41) is 10.4. The van der Waals surface area contributed by atoms with Gasteiger partial charge in [-0.3, -0.25) is 9.89 Å². The van der Waals surface area contributed by atoms with Crippen LogP contribution >= 0.6 is 0 Å². The fourth-order valence-electron chi connectivity index (χ4n) is 3.28. The maximum absolute atomic E-state index is 12.4. The van der Waals surface area contributed by atoms with E-state index in [1.54, 1.807) is 0 Å². The van der Waals surface area contributed by atoms with Crippen LogP contribution in [-0.2, 0) is 12.8 Å². The van der Waals surface area contributed by atoms with Crippen molar-refractivity contribution in [2.45, 2.75) is 64.3 Å². The highest BCUT2D eigenvalue weighted by atomic mass is 16.2. The normalized spacial score (nSPS) is 19.9. The van der Waals surface area contributed by atoms with E-state index in [1.165, 1.54) is 24.8 Å². The number of carbonyl (C=O) groups is 1. The van der Waals surface area contributed by atoms with E-state index in [0.29, 0.717) is 5.69 Å². The molecule has 0 radical (unpaired) electrons. The topological polar surface area (TPSA) is 57.8 Å². The number of aromatic amines is 1. The summed E-state index contributed by atoms with van der Waals surface area (Å²) in [5.41, 5.74) is 4.28. The van der Waals surface area contributed by atoms with Gasteiger partial charge in [0.1, 0.15) is 0 Å². The van der Waals surface area contributed by atoms with E-state index in [9.17, 15) is 4.79 Å². The van der Waals surface area contributed by atoms with Crippen molar-refractivity contribution in [1.82, 2.24) is 15.5 Å². The van der Waals surface area contributed by atoms with Gasteiger partial charge in [0.15, 0.2) is 5.69 Å². The molecule has 0 bridgehead atoms. The minimum atomic E-state index is -0.0247. The summed E-state index contributed by atoms with van der Waals surface area (Å²) in [6.45, 7) is 2.08. The number of aromatic nitrogens is 2. The second kappa shape index (κ2) is 5.81. The van der Waals surface area contributed by atoms with Crippen molar-refractivity contribution in [2.24, 2.45) is 0 Å². The summed E-state index contributed by atoms with van der Waals surface area (Å²) < 4.78 is 0. The van der Waals surface area contributed by atoms with Crippen molar-refractivity contribution >= 4 is 5.91 Å². The number of hydrogen-bond acceptors (Lipinski definition) is 2. The van der Waals surface area contributed by atoms with Crippen molar-refractivity contribution in [2.75, 3.05) is 0 Å². The Morgan fingerprint density at radius 2 is 2.05 bits per heavy atom. The van der Waals surface area contributed by atoms with Crippen LogP contribution in [0.25, 0.3) is 0 Å². The maximum Gasteiger partial charge on any atom is 0.272 e. The summed E-state index contributed by atoms with van der Waals surface area (Å²) in [6, 6.07) is 0.124. The highest BCUT2D eigenvalue weighted by molar-refractivity contribution is 5.94. The summed E-state index contributed by atoms with van der Waals surface area (Å²) >= 11 is 0. The molecule has 1 aromatic rings. The Morgan fingerprint density at radius 1 is 1.25 bits per heavy atom. The van der Waals surface area contributed by atoms with E-state index < -0.39 is 0 Å². The predicted octanol–water partition coefficient (Wildman–Crippen LogP) is 2.91. The number of nitrogens with zero attached hydrogens (tertiary/aromatic N) is 1. The number of amides is 1. The van der Waals surface area contributed by atoms with Gasteiger partial charge in [0, 0.05) is 17.3 Å². The fraction of sp³-hybridized carbons (Fsp3) is 0.625. The number of aryl methyl sites for hydroxylation is 1. The molecule has 0 saturated heterocycles. The zero-order valence-corrected chi connectivity index (χ0v) is 12.2. The highest BCUT2D eigenvalue weighted by Crippen LogP contribution is 2.23. The molecule has 0 aliphatic heterocycles. The average Bonchev–Trinajstić information content (AvgIpc) is 2.92. The van der Waals surface area contributed by atoms with E-state index >= 15 is 0 Å². The smallest absolute Gasteiger partial charge is 0.272 e. The number of allylic oxidation sites excluding steroid dienone is 1. The fourth-order valence-corrected chi connectivity index (χ4v) is 3.28. The standard InChI is InChI=1S/C16H23N3O/c1-11(12-7-3-2-4-8-12)17-16(20)15-13-9-5-6-10-14(13)18-19-15/h7,11H,2-6,8-10H2,1H3,(H,17,20)(H,18,19). The first-order chi connectivity index (χ1) is 9.75. The Bertz CT molecular complexity index is 530. The molecule has 1 atom stereocenters. The second-order valence-corrected chi connectivity index (χ2v) is 5.96. The molecule has 2 N–H and O–H groups in total. The molecule has 0 saturated carbocycles. The summed E-state index contributed by atoms with van der Waals surface area (Å²) in [4.78, 5) is 12.4. The first-order valence-corrected chi connectivity index (χ1v) is 7.81. The van der Waals surface area contributed by atoms with Gasteiger partial charge in [0.05, 0.1) is 0 Å². The number of nitrogens with one attached hydrogen (secondary N) is 2. The van der Waals surface area contributed by atoms with Gasteiger partial charge in [-0.2, -0.15) is 5.10 Å². The molecule has 1 heterocycles. The summed E-state index contributed by atoms with van der Waals surface area (Å²) in [7, 11) is 0. The Balaban J connectivity index is 1.70. The molecule has 1 amide bonds. The minimum Gasteiger partial charge on any atom is -0.344 e. The van der Waals surface area contributed by atoms with Gasteiger partial charge in [0.25, 0.3) is 5.91 Å². The molecule has 1 aromatic heterocycles. The summed E-state index contributed by atoms with van der Waals surface area (Å²) in [5.74, 6) is -0.0247. The third-order valence-electron chi connectivity index (χ3n) is 4.50. The molecule has 20 heavy (non-hydrogen) atoms. The second-order valence-electron chi connectivity index (χ2n) is 5.96. The van der Waals surface area contributed by atoms with Crippen LogP contribution in [0.5, 0.6) is 0 Å². The van der Waals surface area contributed by atoms with Gasteiger partial charge >= 0.3 is 0 Å². The van der Waals surface area contributed by atoms with Crippen molar-refractivity contribution < 1.29 is 4.79 Å². The number of rotatable bonds is 3. The number of carbonyl (C=O) groups excluding carboxylic acids is 1. The van der Waals surface area contributed by atoms with Crippen LogP contribution in [0.2, 0.25) is 0 Å². The van der Waals surface area contributed by atoms with Crippen LogP contribution in [0.3, 0.4) is 0 Å². The lowest BCUT2D eigenvalue weighted by Gasteiger charge is -2.21. The van der Waals surface area contributed by atoms with Crippen molar-refractivity contribution in [1.29, 1.82) is 0 Å². The average molecular weight is 273 g/mol. The maximum atomic E-state index is 12.4. The lowest BCUT2D eigenvalue weighted by Crippen LogP contribution is -2.35. The number of H-pyrrole nitrogens is 1. The lowest BCUT2D eigenvalue weighted by atomic mass is 9.94. The zero-order chi connectivity index (χ0) is 13.9. The molecule has 108 valence electrons. The predicted molar refractivity (Wildman–Crippen MR) is 78.7 cm³/mol. The Labute approximate surface area is 120 Å². The third kappa shape index (κ3) is 2.65. The van der Waals surface area contributed by atoms with E-state index in [4.69, 9.17) is 0 Å². The van der Waals surface area contributed by atoms with Gasteiger partial charge in [-0.1, -0.05) is 11.6 Å². The first kappa shape index (κ1) is 13.4. The van der Waals surface area contributed by atoms with Gasteiger partial charge in [0.2, 0.25) is 0 Å². The van der Waals surface area contributed by atoms with Crippen LogP contribution in [0.1, 0.15) is 67.2 Å². The van der Waals surface area contributed by atoms with Gasteiger partial charge in [-0.25, -0.2) is 0 Å². The largest absolute Gasteiger partial charge is 0.344 e. The Morgan fingerprint density at radius 3 is 2.85 bits per heavy atom. The monoisotopic (exact) mass is 273 g/mol. The molecule has 0 aromatic carbocycles. The Kier molecular flexibility index (Phi) is 3.90. The zero-order valence-electron chi connectivity index (χ0n) is 12.2. The number of hydrogen-bond donors (Lipinski definition) is 2. The first-order valence-electron chi connectivity index (χ1n) is 7.81. The summed E-state index contributed by atoms with van der Waals surface area (Å²) in [6.07, 6.45) is 11.4. The molecule has 3 rings (SSSR count). The molecule has 2 aliphatic carbocycles. The van der Waals surface area contributed by atoms with Crippen molar-refractivity contribution in [3.8, 4) is 0 Å². The molecular weight excluding hydrogens is 250 g/mol. The van der Waals surface area contributed by atoms with Gasteiger partial charge in [-0.15, -0.1) is 0 Å². The Hall–Kier alpha value is -1.58. The molecule has 0 spiro atoms. The molecule has 4 nitrogen and oxygen atoms in total. The van der Waals surface area contributed by atoms with Crippen LogP contribution in [0, 0.1) is 0 Å². The van der Waals surface area contributed by atoms with E-state index in [0.717, 1.165) is 43.4 Å². The third-order valence-corrected chi connectivity index (χ3v) is 4.50. The SMILES string of the molecule is CC(NC(=O)c1n[nH]c2c1CCCC2)C1=CCCCC1. The number of fused-ring (bicyclic) bond motifs is 1. The van der Waals surface area contributed by atoms with Crippen molar-refractivity contribution in [3.63, 3.8) is 0 Å². The van der Waals surface area contributed by atoms with E-state index in [1.807, 2.05) is 0 Å². The lowest BCUT2D eigenvalue weighted by molar-refractivity contribution is 0.0938. The molecule has 2 aliphatic rings. The van der Waals surface area contributed by atoms with Gasteiger partial charge in [-0.05, 0) is 58.3 Å². The van der Waals surface area contributed by atoms with E-state index in [2.05, 4.69) is 28.5 Å². The van der Waals surface area contributed by atoms with Gasteiger partial charge < -0.3 is 5.32 Å². The molecule has 4 heteroatoms. The van der Waals surface area contributed by atoms with Crippen LogP contribution in [-0.4, -0.2) is 22.1 Å². The highest BCUT2D eigenvalue weighted by Gasteiger charge is 2.23. The van der Waals surface area contributed by atoms with Crippen LogP contribution in [0.15, 0.2) is 11.6 Å². The van der Waals surface area contributed by atoms with Crippen LogP contribution < -0.4 is 5.32 Å². The molecule has 1 unspecified atom stereocenters. The minimum absolute atomic E-state index is 0.0247. The quantitative estimate of drug-likeness (QED) is 0.832. The van der Waals surface area contributed by atoms with E-state index in [-0.39, 0.29) is 11.9 Å². The molecule has 0 fully saturated rings. The van der Waals surface area contributed by atoms with Crippen LogP contribution in [0.4, 0.5) is 0 Å². The molecular formula is C16H23N3O. The van der Waals surface area contributed by atoms with Crippen molar-refractivity contribution in [3.05, 3.63) is 28.6 Å².